The van der Waals surface area contributed by atoms with Gasteiger partial charge in [-0.2, -0.15) is 0 Å². The summed E-state index contributed by atoms with van der Waals surface area (Å²) < 4.78 is 18.6. The SMILES string of the molecule is CC1OC12C(=O)OCc1c2cc2n(c1=O)Cc1c-2nc2ccc(OC(=O)NCCCCCCC(=O)NO)cc2c1CN1CCN(C)CC1. The number of hydroxylamine groups is 1. The van der Waals surface area contributed by atoms with Crippen molar-refractivity contribution in [1.29, 1.82) is 0 Å². The summed E-state index contributed by atoms with van der Waals surface area (Å²) in [6.07, 6.45) is 2.34. The van der Waals surface area contributed by atoms with Crippen LogP contribution in [-0.2, 0) is 44.4 Å². The van der Waals surface area contributed by atoms with Crippen LogP contribution in [0.3, 0.4) is 0 Å². The number of benzene rings is 1. The molecule has 1 spiro atoms. The lowest BCUT2D eigenvalue weighted by molar-refractivity contribution is -0.154. The summed E-state index contributed by atoms with van der Waals surface area (Å²) in [6.45, 7) is 6.78. The van der Waals surface area contributed by atoms with E-state index in [2.05, 4.69) is 22.2 Å². The molecule has 48 heavy (non-hydrogen) atoms. The Morgan fingerprint density at radius 3 is 2.60 bits per heavy atom. The van der Waals surface area contributed by atoms with E-state index in [0.29, 0.717) is 59.8 Å². The number of hydrogen-bond donors (Lipinski definition) is 3. The van der Waals surface area contributed by atoms with E-state index in [1.807, 2.05) is 18.2 Å². The van der Waals surface area contributed by atoms with E-state index in [4.69, 9.17) is 24.4 Å². The van der Waals surface area contributed by atoms with Gasteiger partial charge in [0.2, 0.25) is 11.5 Å². The zero-order valence-corrected chi connectivity index (χ0v) is 27.2. The van der Waals surface area contributed by atoms with E-state index >= 15 is 0 Å². The lowest BCUT2D eigenvalue weighted by atomic mass is 9.89. The minimum atomic E-state index is -1.24. The standard InChI is InChI=1S/C34H40N6O8/c1-20-34(48-20)26-16-28-30-24(18-40(28)31(42)25(26)19-46-32(34)43)23(17-39-13-11-38(2)12-14-39)22-15-21(8-9-27(22)36-30)47-33(44)35-10-6-4-3-5-7-29(41)37-45/h8-9,15-16,20,45H,3-7,10-14,17-19H2,1-2H3,(H,35,44)(H,37,41). The quantitative estimate of drug-likeness (QED) is 0.0751. The van der Waals surface area contributed by atoms with Gasteiger partial charge in [-0.25, -0.2) is 20.1 Å². The molecule has 0 aliphatic carbocycles. The van der Waals surface area contributed by atoms with Gasteiger partial charge < -0.3 is 29.0 Å². The fourth-order valence-corrected chi connectivity index (χ4v) is 7.12. The number of pyridine rings is 2. The van der Waals surface area contributed by atoms with Crippen molar-refractivity contribution in [2.24, 2.45) is 0 Å². The zero-order chi connectivity index (χ0) is 33.6. The van der Waals surface area contributed by atoms with Crippen molar-refractivity contribution in [3.05, 3.63) is 56.9 Å². The number of epoxide rings is 1. The number of fused-ring (bicyclic) bond motifs is 6. The second-order valence-electron chi connectivity index (χ2n) is 13.1. The van der Waals surface area contributed by atoms with Gasteiger partial charge in [-0.15, -0.1) is 0 Å². The molecule has 2 atom stereocenters. The molecular weight excluding hydrogens is 620 g/mol. The van der Waals surface area contributed by atoms with Crippen molar-refractivity contribution in [3.63, 3.8) is 0 Å². The van der Waals surface area contributed by atoms with Gasteiger partial charge in [0.15, 0.2) is 0 Å². The third-order valence-corrected chi connectivity index (χ3v) is 9.98. The molecule has 2 fully saturated rings. The zero-order valence-electron chi connectivity index (χ0n) is 27.2. The van der Waals surface area contributed by atoms with Crippen LogP contribution in [0.2, 0.25) is 0 Å². The van der Waals surface area contributed by atoms with Gasteiger partial charge in [0.25, 0.3) is 5.56 Å². The Kier molecular flexibility index (Phi) is 8.66. The Morgan fingerprint density at radius 1 is 1.08 bits per heavy atom. The number of hydrogen-bond acceptors (Lipinski definition) is 11. The molecule has 3 aromatic rings. The molecule has 14 nitrogen and oxygen atoms in total. The van der Waals surface area contributed by atoms with E-state index in [1.54, 1.807) is 23.0 Å². The highest BCUT2D eigenvalue weighted by Crippen LogP contribution is 2.51. The number of likely N-dealkylation sites (N-methyl/N-ethyl adjacent to an activating group) is 1. The van der Waals surface area contributed by atoms with Crippen LogP contribution in [-0.4, -0.2) is 88.4 Å². The fourth-order valence-electron chi connectivity index (χ4n) is 7.12. The normalized spacial score (nSPS) is 21.4. The van der Waals surface area contributed by atoms with Crippen LogP contribution in [0.1, 0.15) is 61.3 Å². The maximum atomic E-state index is 13.9. The molecule has 0 bridgehead atoms. The summed E-state index contributed by atoms with van der Waals surface area (Å²) in [5.74, 6) is -0.481. The van der Waals surface area contributed by atoms with Gasteiger partial charge in [-0.05, 0) is 56.6 Å². The fraction of sp³-hybridized carbons (Fsp3) is 0.500. The summed E-state index contributed by atoms with van der Waals surface area (Å²) in [7, 11) is 2.11. The first-order chi connectivity index (χ1) is 23.2. The number of unbranched alkanes of at least 4 members (excludes halogenated alkanes) is 3. The highest BCUT2D eigenvalue weighted by atomic mass is 16.7. The molecule has 2 unspecified atom stereocenters. The molecular formula is C34H40N6O8. The molecule has 4 aliphatic rings. The van der Waals surface area contributed by atoms with Crippen LogP contribution in [0.5, 0.6) is 5.75 Å². The van der Waals surface area contributed by atoms with E-state index in [-0.39, 0.29) is 24.7 Å². The number of carbonyl (C=O) groups is 3. The number of esters is 1. The third-order valence-electron chi connectivity index (χ3n) is 9.98. The average Bonchev–Trinajstić information content (AvgIpc) is 3.61. The Morgan fingerprint density at radius 2 is 1.85 bits per heavy atom. The maximum absolute atomic E-state index is 13.9. The van der Waals surface area contributed by atoms with Crippen molar-refractivity contribution < 1.29 is 33.8 Å². The third kappa shape index (κ3) is 5.82. The van der Waals surface area contributed by atoms with E-state index in [9.17, 15) is 19.2 Å². The summed E-state index contributed by atoms with van der Waals surface area (Å²) in [6, 6.07) is 7.28. The molecule has 0 radical (unpaired) electrons. The van der Waals surface area contributed by atoms with E-state index in [0.717, 1.165) is 62.0 Å². The molecule has 7 rings (SSSR count). The van der Waals surface area contributed by atoms with Gasteiger partial charge in [-0.1, -0.05) is 12.8 Å². The second-order valence-corrected chi connectivity index (χ2v) is 13.1. The minimum absolute atomic E-state index is 0.0862. The van der Waals surface area contributed by atoms with Gasteiger partial charge in [0, 0.05) is 62.2 Å². The summed E-state index contributed by atoms with van der Waals surface area (Å²) in [5.41, 5.74) is 5.23. The van der Waals surface area contributed by atoms with Gasteiger partial charge in [0.05, 0.1) is 29.0 Å². The highest BCUT2D eigenvalue weighted by Gasteiger charge is 2.65. The summed E-state index contributed by atoms with van der Waals surface area (Å²) in [4.78, 5) is 60.2. The molecule has 6 heterocycles. The second kappa shape index (κ2) is 12.9. The van der Waals surface area contributed by atoms with Crippen molar-refractivity contribution in [1.82, 2.24) is 30.1 Å². The van der Waals surface area contributed by atoms with Crippen molar-refractivity contribution in [3.8, 4) is 17.1 Å². The molecule has 4 aliphatic heterocycles. The monoisotopic (exact) mass is 660 g/mol. The van der Waals surface area contributed by atoms with E-state index < -0.39 is 23.6 Å². The number of nitrogens with one attached hydrogen (secondary N) is 2. The predicted molar refractivity (Wildman–Crippen MR) is 172 cm³/mol. The van der Waals surface area contributed by atoms with Crippen molar-refractivity contribution in [2.45, 2.75) is 70.4 Å². The Labute approximate surface area is 276 Å². The molecule has 2 amide bonds. The molecule has 2 aromatic heterocycles. The Bertz CT molecular complexity index is 1850. The molecule has 254 valence electrons. The number of ether oxygens (including phenoxy) is 3. The predicted octanol–water partition coefficient (Wildman–Crippen LogP) is 2.39. The number of aromatic nitrogens is 2. The van der Waals surface area contributed by atoms with Crippen LogP contribution in [0.4, 0.5) is 4.79 Å². The number of nitrogens with zero attached hydrogens (tertiary/aromatic N) is 4. The number of carbonyl (C=O) groups excluding carboxylic acids is 3. The van der Waals surface area contributed by atoms with Crippen LogP contribution in [0.15, 0.2) is 29.1 Å². The van der Waals surface area contributed by atoms with Crippen LogP contribution >= 0.6 is 0 Å². The van der Waals surface area contributed by atoms with Crippen molar-refractivity contribution in [2.75, 3.05) is 39.8 Å². The van der Waals surface area contributed by atoms with Crippen molar-refractivity contribution >= 4 is 28.9 Å². The summed E-state index contributed by atoms with van der Waals surface area (Å²) in [5, 5.41) is 12.2. The molecule has 3 N–H and O–H groups in total. The van der Waals surface area contributed by atoms with Gasteiger partial charge in [-0.3, -0.25) is 19.7 Å². The van der Waals surface area contributed by atoms with Crippen LogP contribution in [0.25, 0.3) is 22.3 Å². The molecule has 1 aromatic carbocycles. The van der Waals surface area contributed by atoms with Gasteiger partial charge >= 0.3 is 12.1 Å². The minimum Gasteiger partial charge on any atom is -0.458 e. The molecule has 14 heteroatoms. The maximum Gasteiger partial charge on any atom is 0.412 e. The van der Waals surface area contributed by atoms with E-state index in [1.165, 1.54) is 0 Å². The largest absolute Gasteiger partial charge is 0.458 e. The van der Waals surface area contributed by atoms with Gasteiger partial charge in [0.1, 0.15) is 18.5 Å². The first kappa shape index (κ1) is 32.2. The lowest BCUT2D eigenvalue weighted by Gasteiger charge is -2.33. The molecule has 2 saturated heterocycles. The Balaban J connectivity index is 1.16. The highest BCUT2D eigenvalue weighted by molar-refractivity contribution is 5.91. The van der Waals surface area contributed by atoms with Crippen LogP contribution < -0.4 is 21.1 Å². The number of rotatable bonds is 10. The first-order valence-electron chi connectivity index (χ1n) is 16.6. The topological polar surface area (TPSA) is 168 Å². The molecule has 0 saturated carbocycles. The number of cyclic esters (lactones) is 1. The lowest BCUT2D eigenvalue weighted by Crippen LogP contribution is -2.44. The average molecular weight is 661 g/mol. The van der Waals surface area contributed by atoms with Crippen LogP contribution in [0, 0.1) is 0 Å². The Hall–Kier alpha value is -4.37. The summed E-state index contributed by atoms with van der Waals surface area (Å²) >= 11 is 0. The first-order valence-corrected chi connectivity index (χ1v) is 16.6. The number of piperazine rings is 1. The smallest absolute Gasteiger partial charge is 0.412 e. The number of amides is 2.